The van der Waals surface area contributed by atoms with E-state index >= 15 is 0 Å². The monoisotopic (exact) mass is 602 g/mol. The summed E-state index contributed by atoms with van der Waals surface area (Å²) in [4.78, 5) is 26.9. The maximum absolute atomic E-state index is 13.9. The van der Waals surface area contributed by atoms with Crippen molar-refractivity contribution in [2.75, 3.05) is 32.7 Å². The van der Waals surface area contributed by atoms with Gasteiger partial charge in [0.1, 0.15) is 24.4 Å². The molecule has 0 aliphatic carbocycles. The van der Waals surface area contributed by atoms with Crippen LogP contribution in [0, 0.1) is 17.5 Å². The first kappa shape index (κ1) is 30.6. The van der Waals surface area contributed by atoms with E-state index in [0.29, 0.717) is 5.75 Å². The minimum atomic E-state index is -1.62. The molecule has 13 nitrogen and oxygen atoms in total. The Morgan fingerprint density at radius 2 is 1.95 bits per heavy atom. The number of hydrogen-bond acceptors (Lipinski definition) is 10. The molecule has 0 radical (unpaired) electrons. The molecule has 2 saturated heterocycles. The molecule has 1 aromatic carbocycles. The van der Waals surface area contributed by atoms with Crippen molar-refractivity contribution in [3.63, 3.8) is 0 Å². The van der Waals surface area contributed by atoms with Crippen LogP contribution in [0.2, 0.25) is 0 Å². The van der Waals surface area contributed by atoms with Crippen LogP contribution in [-0.2, 0) is 28.5 Å². The largest absolute Gasteiger partial charge is 0.465 e. The Balaban J connectivity index is 1.76. The number of nitrogens with zero attached hydrogens (tertiary/aromatic N) is 6. The molecule has 3 heterocycles. The number of thiol groups is 1. The molecular formula is C24H29F3N6O7S. The predicted octanol–water partition coefficient (Wildman–Crippen LogP) is 2.24. The number of methoxy groups -OCH3 is 1. The second-order valence-electron chi connectivity index (χ2n) is 9.61. The molecule has 1 N–H and O–H groups in total. The van der Waals surface area contributed by atoms with Crippen molar-refractivity contribution in [3.05, 3.63) is 46.2 Å². The van der Waals surface area contributed by atoms with Gasteiger partial charge in [-0.2, -0.15) is 0 Å². The number of halogens is 3. The van der Waals surface area contributed by atoms with E-state index in [1.54, 1.807) is 0 Å². The average molecular weight is 603 g/mol. The summed E-state index contributed by atoms with van der Waals surface area (Å²) in [5, 5.41) is 21.6. The van der Waals surface area contributed by atoms with Crippen molar-refractivity contribution in [1.29, 1.82) is 0 Å². The van der Waals surface area contributed by atoms with Gasteiger partial charge in [0, 0.05) is 42.4 Å². The third kappa shape index (κ3) is 6.59. The van der Waals surface area contributed by atoms with Crippen LogP contribution in [-0.4, -0.2) is 99.6 Å². The van der Waals surface area contributed by atoms with Crippen LogP contribution in [0.4, 0.5) is 13.2 Å². The first-order chi connectivity index (χ1) is 19.5. The number of aliphatic hydroxyl groups is 1. The Bertz CT molecular complexity index is 1310. The Morgan fingerprint density at radius 3 is 2.56 bits per heavy atom. The molecule has 2 aliphatic rings. The minimum Gasteiger partial charge on any atom is -0.465 e. The molecule has 0 bridgehead atoms. The van der Waals surface area contributed by atoms with Gasteiger partial charge in [-0.05, 0) is 17.7 Å². The standard InChI is InChI=1S/C24H29F3N6O7S/c1-11(34)39-9-20-24(40-12(2)35)22(33-6-16(30-32-33)13-4-14(25)21(27)15(26)5-13)18(37-3)10-41(20)19-8-38-7-17(23(19)36)29-31-28/h4-6,17-20,22-24,36,41H,7-10H2,1-3H3/t17-,18-,19+,20+,22-,23+,24-/m0/s1. The van der Waals surface area contributed by atoms with E-state index in [1.165, 1.54) is 31.8 Å². The molecule has 0 saturated carbocycles. The van der Waals surface area contributed by atoms with E-state index in [0.717, 1.165) is 12.1 Å². The van der Waals surface area contributed by atoms with E-state index in [9.17, 15) is 27.9 Å². The van der Waals surface area contributed by atoms with Crippen molar-refractivity contribution in [2.45, 2.75) is 54.7 Å². The van der Waals surface area contributed by atoms with Gasteiger partial charge in [0.25, 0.3) is 0 Å². The summed E-state index contributed by atoms with van der Waals surface area (Å²) in [6.45, 7) is 2.38. The summed E-state index contributed by atoms with van der Waals surface area (Å²) in [5.41, 5.74) is 8.86. The molecule has 2 aliphatic heterocycles. The van der Waals surface area contributed by atoms with Crippen molar-refractivity contribution in [3.8, 4) is 11.3 Å². The summed E-state index contributed by atoms with van der Waals surface area (Å²) in [6, 6.07) is -0.151. The molecule has 4 rings (SSSR count). The Hall–Kier alpha value is -3.37. The lowest BCUT2D eigenvalue weighted by molar-refractivity contribution is -0.154. The highest BCUT2D eigenvalue weighted by molar-refractivity contribution is 8.18. The maximum Gasteiger partial charge on any atom is 0.303 e. The molecule has 1 unspecified atom stereocenters. The maximum atomic E-state index is 13.9. The average Bonchev–Trinajstić information content (AvgIpc) is 3.41. The minimum absolute atomic E-state index is 0.0110. The van der Waals surface area contributed by atoms with Gasteiger partial charge < -0.3 is 24.1 Å². The van der Waals surface area contributed by atoms with Gasteiger partial charge in [-0.15, -0.1) is 5.10 Å². The van der Waals surface area contributed by atoms with Gasteiger partial charge in [-0.3, -0.25) is 9.59 Å². The van der Waals surface area contributed by atoms with E-state index in [1.807, 2.05) is 0 Å². The summed E-state index contributed by atoms with van der Waals surface area (Å²) < 4.78 is 65.2. The number of hydrogen-bond donors (Lipinski definition) is 2. The Morgan fingerprint density at radius 1 is 1.24 bits per heavy atom. The van der Waals surface area contributed by atoms with Crippen LogP contribution in [0.15, 0.2) is 23.4 Å². The third-order valence-electron chi connectivity index (χ3n) is 7.06. The summed E-state index contributed by atoms with van der Waals surface area (Å²) in [7, 11) is 0.0499. The smallest absolute Gasteiger partial charge is 0.303 e. The molecule has 0 spiro atoms. The molecular weight excluding hydrogens is 573 g/mol. The molecule has 41 heavy (non-hydrogen) atoms. The van der Waals surface area contributed by atoms with Crippen molar-refractivity contribution in [1.82, 2.24) is 15.0 Å². The number of azide groups is 1. The van der Waals surface area contributed by atoms with Crippen LogP contribution in [0.5, 0.6) is 0 Å². The fraction of sp³-hybridized carbons (Fsp3) is 0.583. The zero-order valence-corrected chi connectivity index (χ0v) is 23.2. The predicted molar refractivity (Wildman–Crippen MR) is 139 cm³/mol. The first-order valence-electron chi connectivity index (χ1n) is 12.5. The van der Waals surface area contributed by atoms with Crippen molar-refractivity contribution >= 4 is 22.8 Å². The molecule has 8 atom stereocenters. The quantitative estimate of drug-likeness (QED) is 0.115. The van der Waals surface area contributed by atoms with Crippen LogP contribution in [0.25, 0.3) is 21.7 Å². The lowest BCUT2D eigenvalue weighted by atomic mass is 10.0. The van der Waals surface area contributed by atoms with Crippen LogP contribution >= 0.6 is 10.9 Å². The zero-order chi connectivity index (χ0) is 29.8. The highest BCUT2D eigenvalue weighted by Crippen LogP contribution is 2.51. The van der Waals surface area contributed by atoms with E-state index < -0.39 is 81.2 Å². The molecule has 2 aromatic rings. The highest BCUT2D eigenvalue weighted by Gasteiger charge is 2.52. The SMILES string of the molecule is CO[C@H]1C[SH]([C@@H]2COC[C@H](N=[N+]=[N-])[C@H]2O)[C@H](COC(C)=O)[C@H](OC(C)=O)[C@H]1n1cc(-c2cc(F)c(F)c(F)c2)nn1. The van der Waals surface area contributed by atoms with Crippen molar-refractivity contribution in [2.24, 2.45) is 5.11 Å². The molecule has 2 fully saturated rings. The molecule has 0 amide bonds. The number of esters is 2. The second kappa shape index (κ2) is 13.1. The van der Waals surface area contributed by atoms with Crippen LogP contribution in [0.1, 0.15) is 19.9 Å². The topological polar surface area (TPSA) is 171 Å². The van der Waals surface area contributed by atoms with Gasteiger partial charge >= 0.3 is 11.9 Å². The normalized spacial score (nSPS) is 30.7. The Labute approximate surface area is 234 Å². The number of aliphatic hydroxyl groups excluding tert-OH is 1. The number of carbonyl (C=O) groups excluding carboxylic acids is 2. The summed E-state index contributed by atoms with van der Waals surface area (Å²) >= 11 is 0. The van der Waals surface area contributed by atoms with Gasteiger partial charge in [-0.25, -0.2) is 28.7 Å². The van der Waals surface area contributed by atoms with Crippen LogP contribution in [0.3, 0.4) is 0 Å². The number of rotatable bonds is 8. The highest BCUT2D eigenvalue weighted by atomic mass is 32.2. The van der Waals surface area contributed by atoms with E-state index in [2.05, 4.69) is 20.3 Å². The number of benzene rings is 1. The molecule has 224 valence electrons. The zero-order valence-electron chi connectivity index (χ0n) is 22.3. The molecule has 17 heteroatoms. The van der Waals surface area contributed by atoms with Gasteiger partial charge in [0.15, 0.2) is 17.5 Å². The Kier molecular flexibility index (Phi) is 9.76. The van der Waals surface area contributed by atoms with Gasteiger partial charge in [-0.1, -0.05) is 10.3 Å². The summed E-state index contributed by atoms with van der Waals surface area (Å²) in [5.74, 6) is -5.37. The fourth-order valence-electron chi connectivity index (χ4n) is 5.21. The van der Waals surface area contributed by atoms with Crippen molar-refractivity contribution < 1.29 is 46.8 Å². The van der Waals surface area contributed by atoms with E-state index in [4.69, 9.17) is 24.5 Å². The van der Waals surface area contributed by atoms with Gasteiger partial charge in [0.2, 0.25) is 0 Å². The van der Waals surface area contributed by atoms with Crippen LogP contribution < -0.4 is 0 Å². The fourth-order valence-corrected chi connectivity index (χ4v) is 8.79. The number of aromatic nitrogens is 3. The first-order valence-corrected chi connectivity index (χ1v) is 14.2. The molecule has 1 aromatic heterocycles. The second-order valence-corrected chi connectivity index (χ2v) is 12.3. The number of ether oxygens (including phenoxy) is 4. The van der Waals surface area contributed by atoms with E-state index in [-0.39, 0.29) is 31.1 Å². The lowest BCUT2D eigenvalue weighted by Crippen LogP contribution is -2.57. The van der Waals surface area contributed by atoms with Gasteiger partial charge in [0.05, 0.1) is 42.9 Å². The number of carbonyl (C=O) groups is 2. The summed E-state index contributed by atoms with van der Waals surface area (Å²) in [6.07, 6.45) is -1.45. The third-order valence-corrected chi connectivity index (χ3v) is 10.4. The lowest BCUT2D eigenvalue weighted by Gasteiger charge is -2.51.